The maximum atomic E-state index is 11.5. The van der Waals surface area contributed by atoms with Crippen molar-refractivity contribution in [1.82, 2.24) is 9.36 Å². The number of urea groups is 1. The van der Waals surface area contributed by atoms with Gasteiger partial charge in [0.05, 0.1) is 12.1 Å². The van der Waals surface area contributed by atoms with E-state index in [1.165, 1.54) is 18.4 Å². The standard InChI is InChI=1S/C9H8N4O3S2/c1-16-7(14)6-11-9(18-13-6)12-8(15)10-5-3-2-4-17-5/h2-4H,1H3,(H2,10,11,12,13,15). The molecule has 0 aliphatic rings. The molecule has 2 aromatic heterocycles. The molecular formula is C9H8N4O3S2. The highest BCUT2D eigenvalue weighted by Crippen LogP contribution is 2.16. The minimum Gasteiger partial charge on any atom is -0.463 e. The number of hydrogen-bond donors (Lipinski definition) is 2. The lowest BCUT2D eigenvalue weighted by Crippen LogP contribution is -2.18. The molecular weight excluding hydrogens is 276 g/mol. The van der Waals surface area contributed by atoms with Crippen LogP contribution in [0.3, 0.4) is 0 Å². The van der Waals surface area contributed by atoms with Gasteiger partial charge >= 0.3 is 12.0 Å². The third-order valence-electron chi connectivity index (χ3n) is 1.77. The third kappa shape index (κ3) is 3.02. The summed E-state index contributed by atoms with van der Waals surface area (Å²) in [4.78, 5) is 26.5. The number of methoxy groups -OCH3 is 1. The number of thiophene rings is 1. The molecule has 7 nitrogen and oxygen atoms in total. The summed E-state index contributed by atoms with van der Waals surface area (Å²) in [6, 6.07) is 3.15. The van der Waals surface area contributed by atoms with Crippen molar-refractivity contribution in [2.45, 2.75) is 0 Å². The zero-order valence-electron chi connectivity index (χ0n) is 9.17. The number of carbonyl (C=O) groups is 2. The normalized spacial score (nSPS) is 9.83. The van der Waals surface area contributed by atoms with Crippen LogP contribution in [0.1, 0.15) is 10.6 Å². The van der Waals surface area contributed by atoms with E-state index in [9.17, 15) is 9.59 Å². The lowest BCUT2D eigenvalue weighted by atomic mass is 10.6. The lowest BCUT2D eigenvalue weighted by molar-refractivity contribution is 0.0588. The number of amides is 2. The van der Waals surface area contributed by atoms with Crippen LogP contribution in [0.15, 0.2) is 17.5 Å². The first-order valence-electron chi connectivity index (χ1n) is 4.72. The minimum atomic E-state index is -0.641. The van der Waals surface area contributed by atoms with Crippen LogP contribution in [0.2, 0.25) is 0 Å². The number of ether oxygens (including phenoxy) is 1. The number of nitrogens with one attached hydrogen (secondary N) is 2. The van der Waals surface area contributed by atoms with Gasteiger partial charge in [-0.1, -0.05) is 0 Å². The Bertz CT molecular complexity index is 552. The zero-order valence-corrected chi connectivity index (χ0v) is 10.8. The van der Waals surface area contributed by atoms with E-state index in [1.807, 2.05) is 11.4 Å². The average molecular weight is 284 g/mol. The SMILES string of the molecule is COC(=O)c1nsc(NC(=O)Nc2cccs2)n1. The summed E-state index contributed by atoms with van der Waals surface area (Å²) in [5.41, 5.74) is 0. The second-order valence-electron chi connectivity index (χ2n) is 2.97. The first-order valence-corrected chi connectivity index (χ1v) is 6.38. The number of anilines is 2. The molecule has 2 rings (SSSR count). The van der Waals surface area contributed by atoms with E-state index in [-0.39, 0.29) is 11.0 Å². The fraction of sp³-hybridized carbons (Fsp3) is 0.111. The van der Waals surface area contributed by atoms with Crippen LogP contribution in [0.5, 0.6) is 0 Å². The molecule has 0 saturated carbocycles. The second-order valence-corrected chi connectivity index (χ2v) is 4.67. The van der Waals surface area contributed by atoms with Crippen LogP contribution < -0.4 is 10.6 Å². The molecule has 9 heteroatoms. The number of esters is 1. The van der Waals surface area contributed by atoms with E-state index < -0.39 is 12.0 Å². The van der Waals surface area contributed by atoms with Crippen LogP contribution in [0.4, 0.5) is 14.9 Å². The first-order chi connectivity index (χ1) is 8.69. The van der Waals surface area contributed by atoms with Gasteiger partial charge in [0.1, 0.15) is 0 Å². The van der Waals surface area contributed by atoms with E-state index in [4.69, 9.17) is 0 Å². The number of nitrogens with zero attached hydrogens (tertiary/aromatic N) is 2. The largest absolute Gasteiger partial charge is 0.463 e. The zero-order chi connectivity index (χ0) is 13.0. The van der Waals surface area contributed by atoms with Crippen LogP contribution in [0, 0.1) is 0 Å². The van der Waals surface area contributed by atoms with Crippen molar-refractivity contribution >= 4 is 45.0 Å². The number of hydrogen-bond acceptors (Lipinski definition) is 7. The first kappa shape index (κ1) is 12.5. The molecule has 0 saturated heterocycles. The van der Waals surface area contributed by atoms with Gasteiger partial charge in [-0.15, -0.1) is 11.3 Å². The van der Waals surface area contributed by atoms with Crippen LogP contribution in [-0.2, 0) is 4.74 Å². The predicted molar refractivity (Wildman–Crippen MR) is 68.2 cm³/mol. The highest BCUT2D eigenvalue weighted by atomic mass is 32.1. The molecule has 18 heavy (non-hydrogen) atoms. The van der Waals surface area contributed by atoms with Crippen molar-refractivity contribution in [3.8, 4) is 0 Å². The molecule has 0 spiro atoms. The maximum Gasteiger partial charge on any atom is 0.377 e. The van der Waals surface area contributed by atoms with Gasteiger partial charge in [-0.05, 0) is 17.5 Å². The van der Waals surface area contributed by atoms with E-state index in [0.29, 0.717) is 5.00 Å². The number of rotatable bonds is 3. The van der Waals surface area contributed by atoms with Crippen molar-refractivity contribution in [3.05, 3.63) is 23.3 Å². The Morgan fingerprint density at radius 2 is 2.22 bits per heavy atom. The Morgan fingerprint density at radius 3 is 2.89 bits per heavy atom. The molecule has 0 fully saturated rings. The summed E-state index contributed by atoms with van der Waals surface area (Å²) >= 11 is 2.30. The van der Waals surface area contributed by atoms with Crippen LogP contribution in [0.25, 0.3) is 0 Å². The van der Waals surface area contributed by atoms with Gasteiger partial charge in [0.2, 0.25) is 5.13 Å². The molecule has 2 N–H and O–H groups in total. The Kier molecular flexibility index (Phi) is 3.85. The van der Waals surface area contributed by atoms with Crippen molar-refractivity contribution < 1.29 is 14.3 Å². The molecule has 2 heterocycles. The highest BCUT2D eigenvalue weighted by Gasteiger charge is 2.14. The third-order valence-corrected chi connectivity index (χ3v) is 3.19. The summed E-state index contributed by atoms with van der Waals surface area (Å²) in [6.07, 6.45) is 0. The molecule has 2 amide bonds. The smallest absolute Gasteiger partial charge is 0.377 e. The summed E-state index contributed by atoms with van der Waals surface area (Å²) in [7, 11) is 1.24. The summed E-state index contributed by atoms with van der Waals surface area (Å²) in [6.45, 7) is 0. The Morgan fingerprint density at radius 1 is 1.39 bits per heavy atom. The average Bonchev–Trinajstić information content (AvgIpc) is 2.99. The fourth-order valence-corrected chi connectivity index (χ4v) is 2.20. The van der Waals surface area contributed by atoms with Crippen LogP contribution in [-0.4, -0.2) is 28.5 Å². The quantitative estimate of drug-likeness (QED) is 0.841. The molecule has 0 radical (unpaired) electrons. The van der Waals surface area contributed by atoms with E-state index in [1.54, 1.807) is 6.07 Å². The van der Waals surface area contributed by atoms with Crippen molar-refractivity contribution in [2.24, 2.45) is 0 Å². The summed E-state index contributed by atoms with van der Waals surface area (Å²) < 4.78 is 8.21. The topological polar surface area (TPSA) is 93.2 Å². The molecule has 0 aliphatic heterocycles. The molecule has 0 bridgehead atoms. The molecule has 0 unspecified atom stereocenters. The molecule has 0 atom stereocenters. The highest BCUT2D eigenvalue weighted by molar-refractivity contribution is 7.14. The van der Waals surface area contributed by atoms with Crippen molar-refractivity contribution in [2.75, 3.05) is 17.7 Å². The monoisotopic (exact) mass is 284 g/mol. The van der Waals surface area contributed by atoms with Gasteiger partial charge in [-0.25, -0.2) is 9.59 Å². The Labute approximate surface area is 110 Å². The van der Waals surface area contributed by atoms with E-state index >= 15 is 0 Å². The van der Waals surface area contributed by atoms with E-state index in [2.05, 4.69) is 24.7 Å². The maximum absolute atomic E-state index is 11.5. The van der Waals surface area contributed by atoms with Crippen molar-refractivity contribution in [3.63, 3.8) is 0 Å². The molecule has 94 valence electrons. The predicted octanol–water partition coefficient (Wildman–Crippen LogP) is 2.03. The Hall–Kier alpha value is -2.00. The van der Waals surface area contributed by atoms with Gasteiger partial charge in [0.15, 0.2) is 0 Å². The van der Waals surface area contributed by atoms with Crippen molar-refractivity contribution in [1.29, 1.82) is 0 Å². The second kappa shape index (κ2) is 5.56. The number of carbonyl (C=O) groups excluding carboxylic acids is 2. The minimum absolute atomic E-state index is 0.0751. The van der Waals surface area contributed by atoms with Gasteiger partial charge in [0.25, 0.3) is 5.82 Å². The fourth-order valence-electron chi connectivity index (χ4n) is 1.04. The van der Waals surface area contributed by atoms with Gasteiger partial charge in [-0.3, -0.25) is 10.6 Å². The Balaban J connectivity index is 1.95. The molecule has 0 aliphatic carbocycles. The molecule has 2 aromatic rings. The van der Waals surface area contributed by atoms with Gasteiger partial charge < -0.3 is 4.74 Å². The van der Waals surface area contributed by atoms with Gasteiger partial charge in [0, 0.05) is 11.5 Å². The lowest BCUT2D eigenvalue weighted by Gasteiger charge is -2.01. The van der Waals surface area contributed by atoms with Crippen LogP contribution >= 0.6 is 22.9 Å². The number of aromatic nitrogens is 2. The van der Waals surface area contributed by atoms with Gasteiger partial charge in [-0.2, -0.15) is 9.36 Å². The summed E-state index contributed by atoms with van der Waals surface area (Å²) in [5, 5.41) is 7.87. The molecule has 0 aromatic carbocycles. The summed E-state index contributed by atoms with van der Waals surface area (Å²) in [5.74, 6) is -0.716. The van der Waals surface area contributed by atoms with E-state index in [0.717, 1.165) is 11.5 Å².